The van der Waals surface area contributed by atoms with Gasteiger partial charge < -0.3 is 8.98 Å². The Bertz CT molecular complexity index is 3130. The highest BCUT2D eigenvalue weighted by Crippen LogP contribution is 2.38. The van der Waals surface area contributed by atoms with Crippen molar-refractivity contribution in [3.05, 3.63) is 193 Å². The van der Waals surface area contributed by atoms with Gasteiger partial charge in [0.1, 0.15) is 11.2 Å². The molecule has 3 heterocycles. The lowest BCUT2D eigenvalue weighted by atomic mass is 9.95. The number of nitrogens with zero attached hydrogens (tertiary/aromatic N) is 3. The van der Waals surface area contributed by atoms with Crippen LogP contribution < -0.4 is 0 Å². The summed E-state index contributed by atoms with van der Waals surface area (Å²) in [6.07, 6.45) is 5.68. The van der Waals surface area contributed by atoms with Gasteiger partial charge in [0.25, 0.3) is 0 Å². The van der Waals surface area contributed by atoms with Crippen LogP contribution in [0, 0.1) is 5.92 Å². The Balaban J connectivity index is 0.921. The van der Waals surface area contributed by atoms with Gasteiger partial charge in [-0.15, -0.1) is 0 Å². The van der Waals surface area contributed by atoms with Crippen LogP contribution >= 0.6 is 0 Å². The van der Waals surface area contributed by atoms with E-state index in [9.17, 15) is 0 Å². The van der Waals surface area contributed by atoms with E-state index in [4.69, 9.17) is 14.4 Å². The minimum Gasteiger partial charge on any atom is -0.455 e. The topological polar surface area (TPSA) is 43.9 Å². The van der Waals surface area contributed by atoms with Gasteiger partial charge in [-0.25, -0.2) is 9.97 Å². The minimum absolute atomic E-state index is 0.517. The Morgan fingerprint density at radius 2 is 1.12 bits per heavy atom. The third-order valence-electron chi connectivity index (χ3n) is 11.4. The van der Waals surface area contributed by atoms with Gasteiger partial charge in [0.05, 0.1) is 16.9 Å². The fraction of sp³-hybridized carbons (Fsp3) is 0.0566. The lowest BCUT2D eigenvalue weighted by Gasteiger charge is -2.17. The molecule has 4 heteroatoms. The summed E-state index contributed by atoms with van der Waals surface area (Å²) in [4.78, 5) is 10.2. The number of fused-ring (bicyclic) bond motifs is 6. The first-order chi connectivity index (χ1) is 28.1. The molecule has 0 saturated heterocycles. The van der Waals surface area contributed by atoms with Crippen molar-refractivity contribution in [1.82, 2.24) is 14.5 Å². The Morgan fingerprint density at radius 1 is 0.526 bits per heavy atom. The van der Waals surface area contributed by atoms with Crippen molar-refractivity contribution >= 4 is 38.9 Å². The van der Waals surface area contributed by atoms with E-state index in [-0.39, 0.29) is 0 Å². The minimum atomic E-state index is 0.517. The average Bonchev–Trinajstić information content (AvgIpc) is 3.82. The third kappa shape index (κ3) is 5.77. The molecule has 3 aromatic heterocycles. The SMILES string of the molecule is CC1C=Cc2c(n(-c3ccc(-c4ccc(-c5cc(-c6ccc(-c7cccc8c7oc7ccccc78)cc6)nc(-c6ccccc6)n5)cc4)cc3)c3ccccc23)C1. The smallest absolute Gasteiger partial charge is 0.160 e. The molecule has 0 fully saturated rings. The van der Waals surface area contributed by atoms with Crippen LogP contribution in [0.3, 0.4) is 0 Å². The first kappa shape index (κ1) is 33.1. The Kier molecular flexibility index (Phi) is 7.82. The number of allylic oxidation sites excluding steroid dienone is 1. The van der Waals surface area contributed by atoms with E-state index in [0.717, 1.165) is 73.1 Å². The molecule has 1 aliphatic rings. The Labute approximate surface area is 331 Å². The van der Waals surface area contributed by atoms with Crippen molar-refractivity contribution in [2.75, 3.05) is 0 Å². The van der Waals surface area contributed by atoms with Crippen LogP contribution in [-0.4, -0.2) is 14.5 Å². The average molecular weight is 732 g/mol. The van der Waals surface area contributed by atoms with Crippen LogP contribution in [0.1, 0.15) is 18.2 Å². The number of furan rings is 1. The maximum absolute atomic E-state index is 6.35. The van der Waals surface area contributed by atoms with E-state index < -0.39 is 0 Å². The summed E-state index contributed by atoms with van der Waals surface area (Å²) in [7, 11) is 0. The number of hydrogen-bond acceptors (Lipinski definition) is 3. The third-order valence-corrected chi connectivity index (χ3v) is 11.4. The summed E-state index contributed by atoms with van der Waals surface area (Å²) in [6.45, 7) is 2.29. The van der Waals surface area contributed by atoms with Crippen molar-refractivity contribution in [1.29, 1.82) is 0 Å². The zero-order chi connectivity index (χ0) is 37.9. The highest BCUT2D eigenvalue weighted by atomic mass is 16.3. The number of rotatable bonds is 6. The summed E-state index contributed by atoms with van der Waals surface area (Å²) in [5, 5.41) is 3.57. The standard InChI is InChI=1S/C53H37N3O/c1-34-18-31-44-43-12-5-7-16-49(43)56(50(44)32-34)41-29-27-36(28-30-41)35-19-23-38(24-20-35)47-33-48(55-53(54-47)40-10-3-2-4-11-40)39-25-21-37(22-26-39)42-14-9-15-46-45-13-6-8-17-51(45)57-52(42)46/h2-31,33-34H,32H2,1H3. The van der Waals surface area contributed by atoms with Crippen LogP contribution in [0.25, 0.3) is 101 Å². The fourth-order valence-corrected chi connectivity index (χ4v) is 8.52. The largest absolute Gasteiger partial charge is 0.455 e. The van der Waals surface area contributed by atoms with Gasteiger partial charge >= 0.3 is 0 Å². The lowest BCUT2D eigenvalue weighted by Crippen LogP contribution is -2.08. The second-order valence-corrected chi connectivity index (χ2v) is 15.1. The molecule has 57 heavy (non-hydrogen) atoms. The monoisotopic (exact) mass is 731 g/mol. The number of benzene rings is 7. The Hall–Kier alpha value is -7.30. The molecule has 11 rings (SSSR count). The van der Waals surface area contributed by atoms with E-state index in [1.54, 1.807) is 0 Å². The fourth-order valence-electron chi connectivity index (χ4n) is 8.52. The number of para-hydroxylation sites is 3. The van der Waals surface area contributed by atoms with Gasteiger partial charge in [-0.05, 0) is 59.4 Å². The highest BCUT2D eigenvalue weighted by molar-refractivity contribution is 6.09. The second kappa shape index (κ2) is 13.5. The summed E-state index contributed by atoms with van der Waals surface area (Å²) in [5.74, 6) is 1.22. The first-order valence-corrected chi connectivity index (χ1v) is 19.6. The molecule has 270 valence electrons. The van der Waals surface area contributed by atoms with Crippen molar-refractivity contribution in [3.8, 4) is 61.8 Å². The van der Waals surface area contributed by atoms with Crippen LogP contribution in [0.5, 0.6) is 0 Å². The van der Waals surface area contributed by atoms with Crippen molar-refractivity contribution < 1.29 is 4.42 Å². The molecule has 0 radical (unpaired) electrons. The molecule has 0 amide bonds. The predicted molar refractivity (Wildman–Crippen MR) is 235 cm³/mol. The van der Waals surface area contributed by atoms with E-state index in [1.807, 2.05) is 30.3 Å². The first-order valence-electron chi connectivity index (χ1n) is 19.6. The molecule has 0 aliphatic heterocycles. The normalized spacial score (nSPS) is 13.7. The summed E-state index contributed by atoms with van der Waals surface area (Å²) in [6, 6.07) is 62.0. The summed E-state index contributed by atoms with van der Waals surface area (Å²) >= 11 is 0. The zero-order valence-electron chi connectivity index (χ0n) is 31.4. The van der Waals surface area contributed by atoms with Crippen molar-refractivity contribution in [2.24, 2.45) is 5.92 Å². The van der Waals surface area contributed by atoms with Gasteiger partial charge in [-0.1, -0.05) is 165 Å². The predicted octanol–water partition coefficient (Wildman–Crippen LogP) is 13.9. The molecule has 10 aromatic rings. The molecule has 7 aromatic carbocycles. The molecule has 0 N–H and O–H groups in total. The molecule has 0 bridgehead atoms. The molecule has 0 spiro atoms. The summed E-state index contributed by atoms with van der Waals surface area (Å²) in [5.41, 5.74) is 16.3. The van der Waals surface area contributed by atoms with E-state index in [2.05, 4.69) is 169 Å². The molecule has 1 aliphatic carbocycles. The van der Waals surface area contributed by atoms with Crippen LogP contribution in [0.2, 0.25) is 0 Å². The highest BCUT2D eigenvalue weighted by Gasteiger charge is 2.21. The van der Waals surface area contributed by atoms with Gasteiger partial charge in [-0.3, -0.25) is 0 Å². The van der Waals surface area contributed by atoms with E-state index in [1.165, 1.54) is 33.4 Å². The molecule has 1 unspecified atom stereocenters. The molecule has 0 saturated carbocycles. The second-order valence-electron chi connectivity index (χ2n) is 15.1. The number of aromatic nitrogens is 3. The van der Waals surface area contributed by atoms with Gasteiger partial charge in [0.2, 0.25) is 0 Å². The number of hydrogen-bond donors (Lipinski definition) is 0. The van der Waals surface area contributed by atoms with Gasteiger partial charge in [-0.2, -0.15) is 0 Å². The van der Waals surface area contributed by atoms with Crippen molar-refractivity contribution in [2.45, 2.75) is 13.3 Å². The quantitative estimate of drug-likeness (QED) is 0.171. The Morgan fingerprint density at radius 3 is 1.86 bits per heavy atom. The summed E-state index contributed by atoms with van der Waals surface area (Å²) < 4.78 is 8.80. The van der Waals surface area contributed by atoms with Crippen molar-refractivity contribution in [3.63, 3.8) is 0 Å². The van der Waals surface area contributed by atoms with Crippen LogP contribution in [-0.2, 0) is 6.42 Å². The van der Waals surface area contributed by atoms with E-state index in [0.29, 0.717) is 11.7 Å². The lowest BCUT2D eigenvalue weighted by molar-refractivity contribution is 0.670. The van der Waals surface area contributed by atoms with Crippen LogP contribution in [0.4, 0.5) is 0 Å². The maximum Gasteiger partial charge on any atom is 0.160 e. The molecular formula is C53H37N3O. The van der Waals surface area contributed by atoms with Gasteiger partial charge in [0, 0.05) is 55.4 Å². The molecule has 1 atom stereocenters. The molecular weight excluding hydrogens is 695 g/mol. The van der Waals surface area contributed by atoms with Crippen LogP contribution in [0.15, 0.2) is 186 Å². The molecule has 4 nitrogen and oxygen atoms in total. The van der Waals surface area contributed by atoms with E-state index >= 15 is 0 Å². The maximum atomic E-state index is 6.35. The zero-order valence-corrected chi connectivity index (χ0v) is 31.4. The van der Waals surface area contributed by atoms with Gasteiger partial charge in [0.15, 0.2) is 5.82 Å².